The van der Waals surface area contributed by atoms with E-state index in [9.17, 15) is 18.3 Å². The molecule has 29 heavy (non-hydrogen) atoms. The van der Waals surface area contributed by atoms with Crippen LogP contribution in [0.15, 0.2) is 41.9 Å². The number of rotatable bonds is 4. The molecule has 2 aromatic rings. The van der Waals surface area contributed by atoms with Crippen LogP contribution in [0, 0.1) is 18.3 Å². The lowest BCUT2D eigenvalue weighted by atomic mass is 10.1. The molecule has 152 valence electrons. The molecule has 0 radical (unpaired) electrons. The first kappa shape index (κ1) is 20.6. The monoisotopic (exact) mass is 416 g/mol. The number of hydrogen-bond donors (Lipinski definition) is 3. The highest BCUT2D eigenvalue weighted by Crippen LogP contribution is 2.33. The number of anilines is 1. The lowest BCUT2D eigenvalue weighted by Crippen LogP contribution is -2.44. The van der Waals surface area contributed by atoms with Crippen molar-refractivity contribution in [3.05, 3.63) is 53.9 Å². The van der Waals surface area contributed by atoms with Crippen LogP contribution in [0.5, 0.6) is 5.75 Å². The van der Waals surface area contributed by atoms with Gasteiger partial charge in [-0.3, -0.25) is 4.79 Å². The number of carbonyl (C=O) groups excluding carboxylic acids is 1. The van der Waals surface area contributed by atoms with Gasteiger partial charge in [0.1, 0.15) is 11.5 Å². The van der Waals surface area contributed by atoms with Gasteiger partial charge in [0.05, 0.1) is 23.8 Å². The Morgan fingerprint density at radius 2 is 2.28 bits per heavy atom. The van der Waals surface area contributed by atoms with Gasteiger partial charge in [-0.25, -0.2) is 13.1 Å². The Balaban J connectivity index is 1.97. The van der Waals surface area contributed by atoms with E-state index >= 15 is 0 Å². The van der Waals surface area contributed by atoms with Gasteiger partial charge in [-0.05, 0) is 24.6 Å². The number of aryl methyl sites for hydroxylation is 2. The minimum Gasteiger partial charge on any atom is -0.488 e. The molecule has 9 nitrogen and oxygen atoms in total. The fourth-order valence-electron chi connectivity index (χ4n) is 2.98. The van der Waals surface area contributed by atoms with Crippen LogP contribution in [0.1, 0.15) is 21.6 Å². The summed E-state index contributed by atoms with van der Waals surface area (Å²) >= 11 is 0. The fraction of sp³-hybridized carbons (Fsp3) is 0.263. The number of amides is 1. The van der Waals surface area contributed by atoms with Crippen molar-refractivity contribution in [3.8, 4) is 11.8 Å². The number of aliphatic hydroxyl groups is 1. The maximum absolute atomic E-state index is 12.9. The standard InChI is InChI=1S/C19H20N4O5S/c1-4-15(24)14-10-28-18-16(29(26,27)22-14)9-23(3)17(18)19(25)21-13-6-5-11(2)12(7-13)8-20/h4-7,9,14-15,22,24H,1,10H2,2-3H3,(H,21,25)/t14-,15-/m0/s1. The molecule has 3 N–H and O–H groups in total. The number of aromatic nitrogens is 1. The summed E-state index contributed by atoms with van der Waals surface area (Å²) in [6.07, 6.45) is 1.31. The topological polar surface area (TPSA) is 133 Å². The Morgan fingerprint density at radius 3 is 2.93 bits per heavy atom. The lowest BCUT2D eigenvalue weighted by molar-refractivity contribution is 0.101. The minimum absolute atomic E-state index is 0.00167. The SMILES string of the molecule is C=C[C@H](O)[C@@H]1COc2c(cn(C)c2C(=O)Nc2ccc(C)c(C#N)c2)S(=O)(=O)N1. The Labute approximate surface area is 168 Å². The molecule has 2 atom stereocenters. The van der Waals surface area contributed by atoms with Crippen molar-refractivity contribution in [3.63, 3.8) is 0 Å². The predicted molar refractivity (Wildman–Crippen MR) is 105 cm³/mol. The van der Waals surface area contributed by atoms with E-state index in [0.29, 0.717) is 11.3 Å². The van der Waals surface area contributed by atoms with Gasteiger partial charge >= 0.3 is 0 Å². The van der Waals surface area contributed by atoms with E-state index < -0.39 is 28.1 Å². The molecule has 0 spiro atoms. The summed E-state index contributed by atoms with van der Waals surface area (Å²) < 4.78 is 34.7. The normalized spacial score (nSPS) is 18.5. The smallest absolute Gasteiger partial charge is 0.276 e. The molecule has 1 aromatic carbocycles. The van der Waals surface area contributed by atoms with E-state index in [0.717, 1.165) is 5.56 Å². The lowest BCUT2D eigenvalue weighted by Gasteiger charge is -2.18. The van der Waals surface area contributed by atoms with Crippen molar-refractivity contribution < 1.29 is 23.1 Å². The molecule has 10 heteroatoms. The minimum atomic E-state index is -4.03. The average molecular weight is 416 g/mol. The van der Waals surface area contributed by atoms with Crippen molar-refractivity contribution in [1.29, 1.82) is 5.26 Å². The Morgan fingerprint density at radius 1 is 1.55 bits per heavy atom. The fourth-order valence-corrected chi connectivity index (χ4v) is 4.41. The number of fused-ring (bicyclic) bond motifs is 1. The summed E-state index contributed by atoms with van der Waals surface area (Å²) in [5.41, 5.74) is 1.57. The van der Waals surface area contributed by atoms with Crippen LogP contribution < -0.4 is 14.8 Å². The molecule has 2 heterocycles. The maximum atomic E-state index is 12.9. The number of carbonyl (C=O) groups is 1. The molecular weight excluding hydrogens is 396 g/mol. The molecule has 0 saturated carbocycles. The molecule has 3 rings (SSSR count). The van der Waals surface area contributed by atoms with E-state index in [4.69, 9.17) is 10.00 Å². The summed E-state index contributed by atoms with van der Waals surface area (Å²) in [6.45, 7) is 5.04. The van der Waals surface area contributed by atoms with Gasteiger partial charge in [0.15, 0.2) is 11.4 Å². The number of benzene rings is 1. The zero-order valence-electron chi connectivity index (χ0n) is 15.8. The number of aliphatic hydroxyl groups excluding tert-OH is 1. The van der Waals surface area contributed by atoms with Crippen LogP contribution in [0.2, 0.25) is 0 Å². The van der Waals surface area contributed by atoms with Crippen LogP contribution in [0.25, 0.3) is 0 Å². The molecule has 1 aliphatic rings. The summed E-state index contributed by atoms with van der Waals surface area (Å²) in [5.74, 6) is -0.705. The first-order valence-corrected chi connectivity index (χ1v) is 10.1. The van der Waals surface area contributed by atoms with Gasteiger partial charge in [0, 0.05) is 18.9 Å². The van der Waals surface area contributed by atoms with Crippen LogP contribution in [-0.2, 0) is 17.1 Å². The van der Waals surface area contributed by atoms with Crippen LogP contribution in [-0.4, -0.2) is 42.8 Å². The van der Waals surface area contributed by atoms with Crippen molar-refractivity contribution >= 4 is 21.6 Å². The number of ether oxygens (including phenoxy) is 1. The van der Waals surface area contributed by atoms with Crippen LogP contribution >= 0.6 is 0 Å². The largest absolute Gasteiger partial charge is 0.488 e. The van der Waals surface area contributed by atoms with Crippen molar-refractivity contribution in [2.45, 2.75) is 24.0 Å². The second-order valence-electron chi connectivity index (χ2n) is 6.64. The second kappa shape index (κ2) is 7.71. The summed E-state index contributed by atoms with van der Waals surface area (Å²) in [7, 11) is -2.51. The van der Waals surface area contributed by atoms with Gasteiger partial charge in [0.2, 0.25) is 10.0 Å². The molecule has 0 bridgehead atoms. The van der Waals surface area contributed by atoms with Crippen LogP contribution in [0.3, 0.4) is 0 Å². The summed E-state index contributed by atoms with van der Waals surface area (Å²) in [4.78, 5) is 12.7. The van der Waals surface area contributed by atoms with Gasteiger partial charge in [-0.1, -0.05) is 12.1 Å². The summed E-state index contributed by atoms with van der Waals surface area (Å²) in [5, 5.41) is 21.7. The third-order valence-electron chi connectivity index (χ3n) is 4.59. The molecule has 0 unspecified atom stereocenters. The molecular formula is C19H20N4O5S. The Hall–Kier alpha value is -3.13. The maximum Gasteiger partial charge on any atom is 0.276 e. The first-order valence-electron chi connectivity index (χ1n) is 8.65. The predicted octanol–water partition coefficient (Wildman–Crippen LogP) is 1.04. The Kier molecular flexibility index (Phi) is 5.48. The number of nitriles is 1. The molecule has 0 aliphatic carbocycles. The van der Waals surface area contributed by atoms with E-state index in [2.05, 4.69) is 16.6 Å². The molecule has 1 amide bonds. The van der Waals surface area contributed by atoms with Crippen molar-refractivity contribution in [2.75, 3.05) is 11.9 Å². The molecule has 1 aliphatic heterocycles. The summed E-state index contributed by atoms with van der Waals surface area (Å²) in [6, 6.07) is 5.98. The Bertz CT molecular complexity index is 1130. The number of sulfonamides is 1. The third-order valence-corrected chi connectivity index (χ3v) is 6.07. The highest BCUT2D eigenvalue weighted by molar-refractivity contribution is 7.89. The van der Waals surface area contributed by atoms with E-state index in [1.54, 1.807) is 19.1 Å². The highest BCUT2D eigenvalue weighted by Gasteiger charge is 2.36. The number of nitrogens with one attached hydrogen (secondary N) is 2. The zero-order valence-corrected chi connectivity index (χ0v) is 16.7. The highest BCUT2D eigenvalue weighted by atomic mass is 32.2. The third kappa shape index (κ3) is 3.88. The van der Waals surface area contributed by atoms with Crippen LogP contribution in [0.4, 0.5) is 5.69 Å². The second-order valence-corrected chi connectivity index (χ2v) is 8.33. The molecule has 0 saturated heterocycles. The first-order chi connectivity index (χ1) is 13.7. The quantitative estimate of drug-likeness (QED) is 0.638. The van der Waals surface area contributed by atoms with Crippen molar-refractivity contribution in [1.82, 2.24) is 9.29 Å². The van der Waals surface area contributed by atoms with E-state index in [1.165, 1.54) is 30.0 Å². The van der Waals surface area contributed by atoms with Gasteiger partial charge in [-0.15, -0.1) is 6.58 Å². The molecule has 0 fully saturated rings. The number of nitrogens with zero attached hydrogens (tertiary/aromatic N) is 2. The van der Waals surface area contributed by atoms with E-state index in [1.807, 2.05) is 6.07 Å². The van der Waals surface area contributed by atoms with Gasteiger partial charge < -0.3 is 19.7 Å². The van der Waals surface area contributed by atoms with Crippen molar-refractivity contribution in [2.24, 2.45) is 7.05 Å². The van der Waals surface area contributed by atoms with Gasteiger partial charge in [0.25, 0.3) is 5.91 Å². The molecule has 1 aromatic heterocycles. The number of hydrogen-bond acceptors (Lipinski definition) is 6. The van der Waals surface area contributed by atoms with E-state index in [-0.39, 0.29) is 22.9 Å². The zero-order chi connectivity index (χ0) is 21.3. The average Bonchev–Trinajstić information content (AvgIpc) is 2.96. The van der Waals surface area contributed by atoms with Gasteiger partial charge in [-0.2, -0.15) is 5.26 Å².